The third-order valence-electron chi connectivity index (χ3n) is 2.95. The molecule has 1 aromatic heterocycles. The van der Waals surface area contributed by atoms with Crippen molar-refractivity contribution in [2.75, 3.05) is 27.2 Å². The Hall–Kier alpha value is -1.37. The van der Waals surface area contributed by atoms with Crippen LogP contribution < -0.4 is 5.32 Å². The highest BCUT2D eigenvalue weighted by Gasteiger charge is 2.18. The molecule has 0 aliphatic rings. The molecule has 0 spiro atoms. The fourth-order valence-electron chi connectivity index (χ4n) is 1.96. The van der Waals surface area contributed by atoms with Crippen LogP contribution in [0.15, 0.2) is 24.8 Å². The highest BCUT2D eigenvalue weighted by molar-refractivity contribution is 7.16. The molecule has 122 valence electrons. The van der Waals surface area contributed by atoms with Gasteiger partial charge in [0.2, 0.25) is 11.8 Å². The normalized spacial score (nSPS) is 12.0. The molecule has 1 atom stereocenters. The summed E-state index contributed by atoms with van der Waals surface area (Å²) in [7, 11) is 3.32. The van der Waals surface area contributed by atoms with Crippen LogP contribution >= 0.6 is 22.9 Å². The highest BCUT2D eigenvalue weighted by atomic mass is 35.5. The van der Waals surface area contributed by atoms with Gasteiger partial charge < -0.3 is 10.2 Å². The molecule has 0 fully saturated rings. The van der Waals surface area contributed by atoms with E-state index in [4.69, 9.17) is 11.6 Å². The van der Waals surface area contributed by atoms with E-state index in [9.17, 15) is 9.59 Å². The molecule has 2 amide bonds. The number of carbonyl (C=O) groups is 2. The number of amides is 2. The molecule has 1 N–H and O–H groups in total. The molecular formula is C15H22ClN3O2S. The minimum Gasteiger partial charge on any atom is -0.347 e. The van der Waals surface area contributed by atoms with Crippen molar-refractivity contribution < 1.29 is 9.59 Å². The first kappa shape index (κ1) is 18.7. The predicted octanol–water partition coefficient (Wildman–Crippen LogP) is 1.98. The van der Waals surface area contributed by atoms with Crippen LogP contribution in [0.5, 0.6) is 0 Å². The van der Waals surface area contributed by atoms with Crippen molar-refractivity contribution >= 4 is 34.8 Å². The number of hydrogen-bond acceptors (Lipinski definition) is 4. The summed E-state index contributed by atoms with van der Waals surface area (Å²) >= 11 is 7.41. The summed E-state index contributed by atoms with van der Waals surface area (Å²) in [5.74, 6) is -0.319. The van der Waals surface area contributed by atoms with Crippen molar-refractivity contribution in [2.24, 2.45) is 0 Å². The Kier molecular flexibility index (Phi) is 7.58. The lowest BCUT2D eigenvalue weighted by Crippen LogP contribution is -2.47. The van der Waals surface area contributed by atoms with E-state index >= 15 is 0 Å². The van der Waals surface area contributed by atoms with Crippen LogP contribution in [-0.2, 0) is 16.1 Å². The van der Waals surface area contributed by atoms with Gasteiger partial charge in [0.15, 0.2) is 0 Å². The van der Waals surface area contributed by atoms with Crippen LogP contribution in [0.3, 0.4) is 0 Å². The fraction of sp³-hybridized carbons (Fsp3) is 0.467. The average Bonchev–Trinajstić information content (AvgIpc) is 2.83. The Morgan fingerprint density at radius 3 is 2.64 bits per heavy atom. The van der Waals surface area contributed by atoms with Gasteiger partial charge in [0, 0.05) is 32.1 Å². The van der Waals surface area contributed by atoms with E-state index in [0.717, 1.165) is 9.21 Å². The molecule has 1 heterocycles. The standard InChI is InChI=1S/C15H22ClN3O2S/c1-5-8-19(9-12-6-7-13(16)22-12)10-14(20)17-11(2)15(21)18(3)4/h5-7,11H,1,8-10H2,2-4H3,(H,17,20). The average molecular weight is 344 g/mol. The predicted molar refractivity (Wildman–Crippen MR) is 91.1 cm³/mol. The van der Waals surface area contributed by atoms with Gasteiger partial charge >= 0.3 is 0 Å². The van der Waals surface area contributed by atoms with Crippen molar-refractivity contribution in [3.63, 3.8) is 0 Å². The second kappa shape index (κ2) is 8.92. The van der Waals surface area contributed by atoms with E-state index in [1.54, 1.807) is 27.1 Å². The van der Waals surface area contributed by atoms with Gasteiger partial charge in [-0.2, -0.15) is 0 Å². The molecule has 0 aliphatic heterocycles. The molecule has 0 saturated carbocycles. The summed E-state index contributed by atoms with van der Waals surface area (Å²) in [6.07, 6.45) is 1.75. The Labute approximate surface area is 140 Å². The Balaban J connectivity index is 2.56. The molecule has 1 aromatic rings. The van der Waals surface area contributed by atoms with Crippen LogP contribution in [0.1, 0.15) is 11.8 Å². The van der Waals surface area contributed by atoms with Gasteiger partial charge in [-0.25, -0.2) is 0 Å². The zero-order chi connectivity index (χ0) is 16.7. The Morgan fingerprint density at radius 1 is 1.45 bits per heavy atom. The van der Waals surface area contributed by atoms with E-state index in [2.05, 4.69) is 11.9 Å². The van der Waals surface area contributed by atoms with Crippen molar-refractivity contribution in [3.05, 3.63) is 34.0 Å². The van der Waals surface area contributed by atoms with Crippen molar-refractivity contribution in [1.82, 2.24) is 15.1 Å². The molecule has 22 heavy (non-hydrogen) atoms. The van der Waals surface area contributed by atoms with Gasteiger partial charge in [-0.05, 0) is 19.1 Å². The third-order valence-corrected chi connectivity index (χ3v) is 4.17. The molecule has 0 aromatic carbocycles. The van der Waals surface area contributed by atoms with Gasteiger partial charge in [0.05, 0.1) is 10.9 Å². The van der Waals surface area contributed by atoms with Gasteiger partial charge in [-0.1, -0.05) is 17.7 Å². The van der Waals surface area contributed by atoms with E-state index in [1.807, 2.05) is 17.0 Å². The van der Waals surface area contributed by atoms with Crippen molar-refractivity contribution in [2.45, 2.75) is 19.5 Å². The molecular weight excluding hydrogens is 322 g/mol. The maximum absolute atomic E-state index is 12.1. The quantitative estimate of drug-likeness (QED) is 0.734. The van der Waals surface area contributed by atoms with Gasteiger partial charge in [0.1, 0.15) is 6.04 Å². The Morgan fingerprint density at radius 2 is 2.14 bits per heavy atom. The number of carbonyl (C=O) groups excluding carboxylic acids is 2. The van der Waals surface area contributed by atoms with Crippen LogP contribution in [0.2, 0.25) is 4.34 Å². The SMILES string of the molecule is C=CCN(CC(=O)NC(C)C(=O)N(C)C)Cc1ccc(Cl)s1. The van der Waals surface area contributed by atoms with Crippen molar-refractivity contribution in [3.8, 4) is 0 Å². The molecule has 0 aliphatic carbocycles. The summed E-state index contributed by atoms with van der Waals surface area (Å²) in [5, 5.41) is 2.71. The van der Waals surface area contributed by atoms with E-state index in [1.165, 1.54) is 16.2 Å². The second-order valence-electron chi connectivity index (χ2n) is 5.19. The third kappa shape index (κ3) is 6.17. The molecule has 0 saturated heterocycles. The van der Waals surface area contributed by atoms with Crippen LogP contribution in [0, 0.1) is 0 Å². The zero-order valence-electron chi connectivity index (χ0n) is 13.1. The summed E-state index contributed by atoms with van der Waals surface area (Å²) in [5.41, 5.74) is 0. The first-order valence-corrected chi connectivity index (χ1v) is 8.11. The number of likely N-dealkylation sites (N-methyl/N-ethyl adjacent to an activating group) is 1. The monoisotopic (exact) mass is 343 g/mol. The first-order valence-electron chi connectivity index (χ1n) is 6.91. The lowest BCUT2D eigenvalue weighted by Gasteiger charge is -2.22. The largest absolute Gasteiger partial charge is 0.347 e. The number of thiophene rings is 1. The fourth-order valence-corrected chi connectivity index (χ4v) is 3.09. The molecule has 5 nitrogen and oxygen atoms in total. The highest BCUT2D eigenvalue weighted by Crippen LogP contribution is 2.22. The lowest BCUT2D eigenvalue weighted by atomic mass is 10.3. The number of nitrogens with zero attached hydrogens (tertiary/aromatic N) is 2. The number of hydrogen-bond donors (Lipinski definition) is 1. The number of rotatable bonds is 8. The molecule has 0 radical (unpaired) electrons. The number of nitrogens with one attached hydrogen (secondary N) is 1. The molecule has 1 unspecified atom stereocenters. The smallest absolute Gasteiger partial charge is 0.244 e. The summed E-state index contributed by atoms with van der Waals surface area (Å²) in [6.45, 7) is 6.79. The molecule has 0 bridgehead atoms. The molecule has 1 rings (SSSR count). The van der Waals surface area contributed by atoms with Crippen LogP contribution in [0.25, 0.3) is 0 Å². The minimum absolute atomic E-state index is 0.131. The van der Waals surface area contributed by atoms with E-state index in [-0.39, 0.29) is 18.4 Å². The zero-order valence-corrected chi connectivity index (χ0v) is 14.7. The summed E-state index contributed by atoms with van der Waals surface area (Å²) in [4.78, 5) is 28.3. The van der Waals surface area contributed by atoms with Crippen molar-refractivity contribution in [1.29, 1.82) is 0 Å². The maximum Gasteiger partial charge on any atom is 0.244 e. The van der Waals surface area contributed by atoms with Gasteiger partial charge in [-0.3, -0.25) is 14.5 Å². The second-order valence-corrected chi connectivity index (χ2v) is 6.99. The van der Waals surface area contributed by atoms with Gasteiger partial charge in [0.25, 0.3) is 0 Å². The molecule has 7 heteroatoms. The lowest BCUT2D eigenvalue weighted by molar-refractivity contribution is -0.134. The van der Waals surface area contributed by atoms with Gasteiger partial charge in [-0.15, -0.1) is 17.9 Å². The van der Waals surface area contributed by atoms with Crippen LogP contribution in [-0.4, -0.2) is 54.8 Å². The number of halogens is 1. The summed E-state index contributed by atoms with van der Waals surface area (Å²) in [6, 6.07) is 3.24. The topological polar surface area (TPSA) is 52.7 Å². The maximum atomic E-state index is 12.1. The van der Waals surface area contributed by atoms with Crippen LogP contribution in [0.4, 0.5) is 0 Å². The first-order chi connectivity index (χ1) is 10.3. The summed E-state index contributed by atoms with van der Waals surface area (Å²) < 4.78 is 0.725. The van der Waals surface area contributed by atoms with E-state index in [0.29, 0.717) is 13.1 Å². The Bertz CT molecular complexity index is 531. The minimum atomic E-state index is -0.538. The van der Waals surface area contributed by atoms with E-state index < -0.39 is 6.04 Å².